The molecule has 47 heavy (non-hydrogen) atoms. The van der Waals surface area contributed by atoms with Gasteiger partial charge in [0.15, 0.2) is 5.65 Å². The van der Waals surface area contributed by atoms with Crippen molar-refractivity contribution in [2.24, 2.45) is 0 Å². The van der Waals surface area contributed by atoms with E-state index >= 15 is 0 Å². The van der Waals surface area contributed by atoms with Crippen molar-refractivity contribution >= 4 is 28.9 Å². The van der Waals surface area contributed by atoms with Gasteiger partial charge < -0.3 is 20.2 Å². The number of carbonyl (C=O) groups excluding carboxylic acids is 1. The second-order valence-corrected chi connectivity index (χ2v) is 12.1. The number of hydrogen-bond donors (Lipinski definition) is 2. The van der Waals surface area contributed by atoms with E-state index in [4.69, 9.17) is 4.98 Å². The molecule has 0 bridgehead atoms. The molecule has 2 aliphatic rings. The molecule has 246 valence electrons. The number of anilines is 3. The fourth-order valence-electron chi connectivity index (χ4n) is 6.77. The first-order valence-electron chi connectivity index (χ1n) is 16.9. The number of likely N-dealkylation sites (tertiary alicyclic amines) is 1. The normalized spacial score (nSPS) is 17.9. The van der Waals surface area contributed by atoms with Crippen LogP contribution in [0.25, 0.3) is 5.65 Å². The Balaban J connectivity index is 0.00000213. The van der Waals surface area contributed by atoms with Gasteiger partial charge in [0.25, 0.3) is 5.91 Å². The smallest absolute Gasteiger partial charge is 0.254 e. The zero-order valence-electron chi connectivity index (χ0n) is 28.2. The summed E-state index contributed by atoms with van der Waals surface area (Å²) in [5.74, 6) is 0.529. The van der Waals surface area contributed by atoms with Crippen molar-refractivity contribution in [1.29, 1.82) is 0 Å². The number of amides is 1. The lowest BCUT2D eigenvalue weighted by atomic mass is 9.73. The molecule has 4 aromatic rings. The van der Waals surface area contributed by atoms with Gasteiger partial charge in [0, 0.05) is 42.5 Å². The summed E-state index contributed by atoms with van der Waals surface area (Å²) < 4.78 is 1.80. The largest absolute Gasteiger partial charge is 0.395 e. The highest BCUT2D eigenvalue weighted by Crippen LogP contribution is 2.37. The number of aromatic nitrogens is 3. The third-order valence-corrected chi connectivity index (χ3v) is 9.33. The molecule has 0 saturated carbocycles. The van der Waals surface area contributed by atoms with E-state index in [1.807, 2.05) is 74.4 Å². The Morgan fingerprint density at radius 2 is 1.79 bits per heavy atom. The van der Waals surface area contributed by atoms with E-state index in [0.29, 0.717) is 11.5 Å². The van der Waals surface area contributed by atoms with Gasteiger partial charge in [0.05, 0.1) is 18.3 Å². The van der Waals surface area contributed by atoms with Gasteiger partial charge in [-0.15, -0.1) is 5.10 Å². The number of pyridine rings is 1. The fraction of sp³-hybridized carbons (Fsp3) is 0.359. The lowest BCUT2D eigenvalue weighted by Gasteiger charge is -2.42. The molecule has 2 N–H and O–H groups in total. The van der Waals surface area contributed by atoms with Gasteiger partial charge in [-0.2, -0.15) is 4.98 Å². The van der Waals surface area contributed by atoms with Gasteiger partial charge in [0.2, 0.25) is 5.95 Å². The minimum Gasteiger partial charge on any atom is -0.395 e. The molecule has 1 unspecified atom stereocenters. The van der Waals surface area contributed by atoms with Crippen LogP contribution in [0.15, 0.2) is 103 Å². The molecule has 0 aliphatic carbocycles. The van der Waals surface area contributed by atoms with Gasteiger partial charge in [0.1, 0.15) is 0 Å². The van der Waals surface area contributed by atoms with Crippen LogP contribution >= 0.6 is 0 Å². The Kier molecular flexibility index (Phi) is 10.9. The van der Waals surface area contributed by atoms with Crippen LogP contribution in [0, 0.1) is 6.92 Å². The Morgan fingerprint density at radius 3 is 2.45 bits per heavy atom. The van der Waals surface area contributed by atoms with E-state index in [1.54, 1.807) is 10.6 Å². The van der Waals surface area contributed by atoms with E-state index in [9.17, 15) is 9.90 Å². The molecule has 8 heteroatoms. The number of aliphatic hydroxyl groups is 1. The summed E-state index contributed by atoms with van der Waals surface area (Å²) in [5.41, 5.74) is 6.59. The molecule has 2 aromatic heterocycles. The first-order valence-corrected chi connectivity index (χ1v) is 16.9. The van der Waals surface area contributed by atoms with Gasteiger partial charge >= 0.3 is 0 Å². The number of carbonyl (C=O) groups is 1. The first-order chi connectivity index (χ1) is 22.9. The summed E-state index contributed by atoms with van der Waals surface area (Å²) in [4.78, 5) is 22.6. The van der Waals surface area contributed by atoms with Crippen LogP contribution < -0.4 is 10.2 Å². The predicted molar refractivity (Wildman–Crippen MR) is 193 cm³/mol. The lowest BCUT2D eigenvalue weighted by Crippen LogP contribution is -2.45. The van der Waals surface area contributed by atoms with Crippen LogP contribution in [0.1, 0.15) is 67.9 Å². The van der Waals surface area contributed by atoms with Crippen molar-refractivity contribution < 1.29 is 9.90 Å². The second kappa shape index (κ2) is 15.3. The van der Waals surface area contributed by atoms with Crippen LogP contribution in [0.4, 0.5) is 17.3 Å². The van der Waals surface area contributed by atoms with E-state index in [-0.39, 0.29) is 24.0 Å². The number of aliphatic hydroxyl groups excluding tert-OH is 1. The van der Waals surface area contributed by atoms with Crippen molar-refractivity contribution in [2.75, 3.05) is 36.5 Å². The Labute approximate surface area is 279 Å². The molecule has 2 aliphatic heterocycles. The minimum atomic E-state index is -0.226. The maximum Gasteiger partial charge on any atom is 0.254 e. The summed E-state index contributed by atoms with van der Waals surface area (Å²) in [6.07, 6.45) is 13.4. The molecule has 1 atom stereocenters. The van der Waals surface area contributed by atoms with Crippen LogP contribution in [0.2, 0.25) is 0 Å². The summed E-state index contributed by atoms with van der Waals surface area (Å²) in [6.45, 7) is 14.4. The number of fused-ring (bicyclic) bond motifs is 1. The van der Waals surface area contributed by atoms with Crippen molar-refractivity contribution in [1.82, 2.24) is 19.5 Å². The van der Waals surface area contributed by atoms with Gasteiger partial charge in [-0.1, -0.05) is 74.6 Å². The molecule has 1 amide bonds. The summed E-state index contributed by atoms with van der Waals surface area (Å²) in [6, 6.07) is 20.2. The molecular formula is C39H48N6O2. The van der Waals surface area contributed by atoms with Crippen LogP contribution in [-0.2, 0) is 5.41 Å². The number of benzene rings is 2. The third kappa shape index (κ3) is 7.18. The Bertz CT molecular complexity index is 1710. The number of rotatable bonds is 9. The highest BCUT2D eigenvalue weighted by Gasteiger charge is 2.36. The predicted octanol–water partition coefficient (Wildman–Crippen LogP) is 7.63. The van der Waals surface area contributed by atoms with Gasteiger partial charge in [-0.05, 0) is 87.1 Å². The topological polar surface area (TPSA) is 86.0 Å². The lowest BCUT2D eigenvalue weighted by molar-refractivity contribution is 0.0757. The van der Waals surface area contributed by atoms with Gasteiger partial charge in [-0.25, -0.2) is 4.52 Å². The number of allylic oxidation sites excluding steroid dienone is 3. The van der Waals surface area contributed by atoms with Crippen molar-refractivity contribution in [3.8, 4) is 0 Å². The van der Waals surface area contributed by atoms with Crippen LogP contribution in [0.3, 0.4) is 0 Å². The van der Waals surface area contributed by atoms with Gasteiger partial charge in [-0.3, -0.25) is 4.79 Å². The molecular weight excluding hydrogens is 584 g/mol. The number of piperidine rings is 1. The van der Waals surface area contributed by atoms with E-state index in [0.717, 1.165) is 67.9 Å². The molecule has 4 heterocycles. The molecule has 2 saturated heterocycles. The molecule has 6 rings (SSSR count). The molecule has 2 aromatic carbocycles. The zero-order valence-corrected chi connectivity index (χ0v) is 28.2. The first kappa shape index (κ1) is 33.7. The van der Waals surface area contributed by atoms with E-state index in [1.165, 1.54) is 11.1 Å². The quantitative estimate of drug-likeness (QED) is 0.185. The summed E-state index contributed by atoms with van der Waals surface area (Å²) in [5, 5.41) is 18.4. The average molecular weight is 633 g/mol. The maximum absolute atomic E-state index is 13.5. The number of aryl methyl sites for hydroxylation is 1. The Morgan fingerprint density at radius 1 is 1.06 bits per heavy atom. The Hall–Kier alpha value is -4.69. The number of nitrogens with zero attached hydrogens (tertiary/aromatic N) is 5. The molecule has 0 spiro atoms. The molecule has 0 radical (unpaired) electrons. The zero-order chi connectivity index (χ0) is 33.4. The maximum atomic E-state index is 13.5. The monoisotopic (exact) mass is 632 g/mol. The SMILES string of the molecule is C=C/C=C(\C=C/C)C1CCCN1C(=O)c1ccc(Nc2nc3c(N4CCC(CO)(c5ccc(C)cc5)CC4)cccn3n2)cc1.CC. The molecule has 8 nitrogen and oxygen atoms in total. The number of nitrogens with one attached hydrogen (secondary N) is 1. The summed E-state index contributed by atoms with van der Waals surface area (Å²) in [7, 11) is 0. The van der Waals surface area contributed by atoms with Crippen LogP contribution in [-0.4, -0.2) is 62.8 Å². The van der Waals surface area contributed by atoms with Crippen molar-refractivity contribution in [3.05, 3.63) is 120 Å². The average Bonchev–Trinajstić information content (AvgIpc) is 3.77. The highest BCUT2D eigenvalue weighted by atomic mass is 16.3. The fourth-order valence-corrected chi connectivity index (χ4v) is 6.77. The van der Waals surface area contributed by atoms with E-state index in [2.05, 4.69) is 65.2 Å². The second-order valence-electron chi connectivity index (χ2n) is 12.1. The summed E-state index contributed by atoms with van der Waals surface area (Å²) >= 11 is 0. The van der Waals surface area contributed by atoms with Crippen LogP contribution in [0.5, 0.6) is 0 Å². The minimum absolute atomic E-state index is 0.0353. The standard InChI is InChI=1S/C37H42N6O2.C2H6/c1-4-8-28(9-5-2)32-10-6-22-42(32)35(45)29-14-18-31(19-15-29)38-36-39-34-33(11-7-23-43(34)40-36)41-24-20-37(26-44,21-25-41)30-16-12-27(3)13-17-30;1-2/h4-5,7-9,11-19,23,32,44H,1,6,10,20-22,24-26H2,2-3H3,(H,38,40);1-2H3/b9-5-,28-8+;. The van der Waals surface area contributed by atoms with Crippen molar-refractivity contribution in [2.45, 2.75) is 64.8 Å². The highest BCUT2D eigenvalue weighted by molar-refractivity contribution is 5.95. The van der Waals surface area contributed by atoms with Crippen molar-refractivity contribution in [3.63, 3.8) is 0 Å². The van der Waals surface area contributed by atoms with E-state index < -0.39 is 0 Å². The molecule has 2 fully saturated rings. The number of hydrogen-bond acceptors (Lipinski definition) is 6. The third-order valence-electron chi connectivity index (χ3n) is 9.33.